The van der Waals surface area contributed by atoms with Crippen LogP contribution in [0.5, 0.6) is 0 Å². The summed E-state index contributed by atoms with van der Waals surface area (Å²) in [5, 5.41) is 9.18. The highest BCUT2D eigenvalue weighted by atomic mass is 32.1. The van der Waals surface area contributed by atoms with Crippen molar-refractivity contribution < 1.29 is 9.53 Å². The van der Waals surface area contributed by atoms with E-state index in [2.05, 4.69) is 15.3 Å². The number of ether oxygens (including phenoxy) is 1. The zero-order valence-electron chi connectivity index (χ0n) is 12.4. The van der Waals surface area contributed by atoms with Crippen molar-refractivity contribution in [1.82, 2.24) is 20.0 Å². The van der Waals surface area contributed by atoms with E-state index in [0.29, 0.717) is 19.7 Å². The molecule has 1 aliphatic rings. The normalized spacial score (nSPS) is 19.2. The van der Waals surface area contributed by atoms with Crippen molar-refractivity contribution in [2.75, 3.05) is 26.2 Å². The van der Waals surface area contributed by atoms with Gasteiger partial charge in [0.15, 0.2) is 0 Å². The maximum Gasteiger partial charge on any atom is 0.234 e. The number of nitrogens with zero attached hydrogens (tertiary/aromatic N) is 3. The molecule has 1 aliphatic heterocycles. The zero-order chi connectivity index (χ0) is 15.2. The van der Waals surface area contributed by atoms with Crippen LogP contribution in [0.15, 0.2) is 36.0 Å². The van der Waals surface area contributed by atoms with E-state index >= 15 is 0 Å². The quantitative estimate of drug-likeness (QED) is 0.861. The van der Waals surface area contributed by atoms with E-state index in [4.69, 9.17) is 4.74 Å². The molecule has 2 aromatic heterocycles. The zero-order valence-corrected chi connectivity index (χ0v) is 13.2. The summed E-state index contributed by atoms with van der Waals surface area (Å²) in [6.45, 7) is 3.96. The SMILES string of the molecule is O=C(CN1CCO[C@H](Cn2cccn2)C1)NCc1cccs1. The van der Waals surface area contributed by atoms with Gasteiger partial charge in [0.05, 0.1) is 32.3 Å². The van der Waals surface area contributed by atoms with Gasteiger partial charge in [-0.1, -0.05) is 6.07 Å². The summed E-state index contributed by atoms with van der Waals surface area (Å²) in [6.07, 6.45) is 3.77. The second-order valence-corrected chi connectivity index (χ2v) is 6.34. The van der Waals surface area contributed by atoms with Crippen LogP contribution in [0.1, 0.15) is 4.88 Å². The Balaban J connectivity index is 1.42. The summed E-state index contributed by atoms with van der Waals surface area (Å²) in [7, 11) is 0. The summed E-state index contributed by atoms with van der Waals surface area (Å²) in [5.74, 6) is 0.0631. The van der Waals surface area contributed by atoms with Crippen molar-refractivity contribution in [3.8, 4) is 0 Å². The van der Waals surface area contributed by atoms with Crippen molar-refractivity contribution in [2.45, 2.75) is 19.2 Å². The fourth-order valence-corrected chi connectivity index (χ4v) is 3.15. The Morgan fingerprint density at radius 1 is 1.50 bits per heavy atom. The van der Waals surface area contributed by atoms with Gasteiger partial charge in [0.2, 0.25) is 5.91 Å². The van der Waals surface area contributed by atoms with Crippen molar-refractivity contribution >= 4 is 17.2 Å². The van der Waals surface area contributed by atoms with E-state index < -0.39 is 0 Å². The summed E-state index contributed by atoms with van der Waals surface area (Å²) in [6, 6.07) is 5.92. The van der Waals surface area contributed by atoms with Crippen LogP contribution in [0.25, 0.3) is 0 Å². The molecule has 0 spiro atoms. The van der Waals surface area contributed by atoms with E-state index in [-0.39, 0.29) is 12.0 Å². The molecule has 0 bridgehead atoms. The molecule has 7 heteroatoms. The highest BCUT2D eigenvalue weighted by molar-refractivity contribution is 7.09. The number of morpholine rings is 1. The predicted octanol–water partition coefficient (Wildman–Crippen LogP) is 0.962. The maximum atomic E-state index is 12.0. The van der Waals surface area contributed by atoms with Crippen LogP contribution in [-0.4, -0.2) is 52.9 Å². The van der Waals surface area contributed by atoms with E-state index in [0.717, 1.165) is 19.6 Å². The molecule has 0 saturated carbocycles. The highest BCUT2D eigenvalue weighted by Crippen LogP contribution is 2.09. The Morgan fingerprint density at radius 2 is 2.45 bits per heavy atom. The van der Waals surface area contributed by atoms with Gasteiger partial charge in [-0.15, -0.1) is 11.3 Å². The van der Waals surface area contributed by atoms with Crippen LogP contribution < -0.4 is 5.32 Å². The van der Waals surface area contributed by atoms with Crippen LogP contribution >= 0.6 is 11.3 Å². The lowest BCUT2D eigenvalue weighted by atomic mass is 10.2. The molecule has 22 heavy (non-hydrogen) atoms. The van der Waals surface area contributed by atoms with Crippen LogP contribution in [0.4, 0.5) is 0 Å². The number of carbonyl (C=O) groups excluding carboxylic acids is 1. The van der Waals surface area contributed by atoms with Gasteiger partial charge in [-0.05, 0) is 17.5 Å². The molecule has 3 rings (SSSR count). The number of aromatic nitrogens is 2. The topological polar surface area (TPSA) is 59.4 Å². The summed E-state index contributed by atoms with van der Waals surface area (Å²) in [4.78, 5) is 15.3. The second-order valence-electron chi connectivity index (χ2n) is 5.31. The molecule has 1 fully saturated rings. The molecule has 1 N–H and O–H groups in total. The van der Waals surface area contributed by atoms with Gasteiger partial charge in [-0.3, -0.25) is 14.4 Å². The smallest absolute Gasteiger partial charge is 0.234 e. The number of carbonyl (C=O) groups is 1. The Morgan fingerprint density at radius 3 is 3.23 bits per heavy atom. The average molecular weight is 320 g/mol. The van der Waals surface area contributed by atoms with Crippen molar-refractivity contribution in [2.24, 2.45) is 0 Å². The third-order valence-corrected chi connectivity index (χ3v) is 4.46. The summed E-state index contributed by atoms with van der Waals surface area (Å²) < 4.78 is 7.62. The Labute approximate surface area is 133 Å². The van der Waals surface area contributed by atoms with Gasteiger partial charge in [-0.25, -0.2) is 0 Å². The number of amides is 1. The third-order valence-electron chi connectivity index (χ3n) is 3.58. The summed E-state index contributed by atoms with van der Waals surface area (Å²) in [5.41, 5.74) is 0. The molecular weight excluding hydrogens is 300 g/mol. The molecule has 0 unspecified atom stereocenters. The van der Waals surface area contributed by atoms with Crippen molar-refractivity contribution in [3.05, 3.63) is 40.8 Å². The highest BCUT2D eigenvalue weighted by Gasteiger charge is 2.22. The van der Waals surface area contributed by atoms with Crippen LogP contribution in [0, 0.1) is 0 Å². The monoisotopic (exact) mass is 320 g/mol. The van der Waals surface area contributed by atoms with E-state index in [9.17, 15) is 4.79 Å². The first-order valence-corrected chi connectivity index (χ1v) is 8.28. The van der Waals surface area contributed by atoms with E-state index in [1.165, 1.54) is 4.88 Å². The molecule has 0 aliphatic carbocycles. The third kappa shape index (κ3) is 4.40. The van der Waals surface area contributed by atoms with Gasteiger partial charge >= 0.3 is 0 Å². The van der Waals surface area contributed by atoms with Gasteiger partial charge in [0.25, 0.3) is 0 Å². The molecular formula is C15H20N4O2S. The molecule has 0 radical (unpaired) electrons. The van der Waals surface area contributed by atoms with Crippen molar-refractivity contribution in [3.63, 3.8) is 0 Å². The predicted molar refractivity (Wildman–Crippen MR) is 84.6 cm³/mol. The number of hydrogen-bond acceptors (Lipinski definition) is 5. The minimum atomic E-state index is 0.0631. The van der Waals surface area contributed by atoms with Gasteiger partial charge < -0.3 is 10.1 Å². The van der Waals surface area contributed by atoms with Crippen LogP contribution in [0.3, 0.4) is 0 Å². The largest absolute Gasteiger partial charge is 0.374 e. The van der Waals surface area contributed by atoms with Crippen LogP contribution in [-0.2, 0) is 22.6 Å². The van der Waals surface area contributed by atoms with Crippen LogP contribution in [0.2, 0.25) is 0 Å². The molecule has 2 aromatic rings. The molecule has 1 saturated heterocycles. The Bertz CT molecular complexity index is 570. The number of thiophene rings is 1. The summed E-state index contributed by atoms with van der Waals surface area (Å²) >= 11 is 1.66. The molecule has 0 aromatic carbocycles. The van der Waals surface area contributed by atoms with E-state index in [1.54, 1.807) is 17.5 Å². The lowest BCUT2D eigenvalue weighted by Crippen LogP contribution is -2.48. The number of nitrogens with one attached hydrogen (secondary N) is 1. The van der Waals surface area contributed by atoms with Gasteiger partial charge in [-0.2, -0.15) is 5.10 Å². The number of rotatable bonds is 6. The lowest BCUT2D eigenvalue weighted by Gasteiger charge is -2.32. The van der Waals surface area contributed by atoms with E-state index in [1.807, 2.05) is 34.5 Å². The fourth-order valence-electron chi connectivity index (χ4n) is 2.51. The maximum absolute atomic E-state index is 12.0. The molecule has 1 atom stereocenters. The van der Waals surface area contributed by atoms with Gasteiger partial charge in [0.1, 0.15) is 0 Å². The first-order chi connectivity index (χ1) is 10.8. The van der Waals surface area contributed by atoms with Gasteiger partial charge in [0, 0.05) is 30.4 Å². The van der Waals surface area contributed by atoms with Crippen molar-refractivity contribution in [1.29, 1.82) is 0 Å². The Hall–Kier alpha value is -1.70. The minimum absolute atomic E-state index is 0.0631. The first kappa shape index (κ1) is 15.2. The second kappa shape index (κ2) is 7.53. The Kier molecular flexibility index (Phi) is 5.20. The minimum Gasteiger partial charge on any atom is -0.374 e. The molecule has 3 heterocycles. The molecule has 118 valence electrons. The lowest BCUT2D eigenvalue weighted by molar-refractivity contribution is -0.124. The average Bonchev–Trinajstić information content (AvgIpc) is 3.19. The number of hydrogen-bond donors (Lipinski definition) is 1. The first-order valence-electron chi connectivity index (χ1n) is 7.40. The molecule has 1 amide bonds. The molecule has 6 nitrogen and oxygen atoms in total. The standard InChI is InChI=1S/C15H20N4O2S/c20-15(16-9-14-3-1-8-22-14)12-18-6-7-21-13(10-18)11-19-5-2-4-17-19/h1-5,8,13H,6-7,9-12H2,(H,16,20)/t13-/m0/s1. The fraction of sp³-hybridized carbons (Fsp3) is 0.467.